The zero-order valence-electron chi connectivity index (χ0n) is 15.8. The Balaban J connectivity index is 1.77. The van der Waals surface area contributed by atoms with Crippen molar-refractivity contribution in [3.63, 3.8) is 0 Å². The number of aromatic nitrogens is 1. The lowest BCUT2D eigenvalue weighted by Gasteiger charge is -2.36. The van der Waals surface area contributed by atoms with Crippen LogP contribution in [0.2, 0.25) is 0 Å². The van der Waals surface area contributed by atoms with Crippen molar-refractivity contribution < 1.29 is 18.0 Å². The molecule has 0 aliphatic carbocycles. The van der Waals surface area contributed by atoms with Crippen molar-refractivity contribution in [3.8, 4) is 0 Å². The lowest BCUT2D eigenvalue weighted by molar-refractivity contribution is -0.125. The van der Waals surface area contributed by atoms with Crippen LogP contribution in [0.25, 0.3) is 10.9 Å². The largest absolute Gasteiger partial charge is 0.351 e. The molecule has 0 spiro atoms. The van der Waals surface area contributed by atoms with Crippen molar-refractivity contribution in [3.05, 3.63) is 36.0 Å². The lowest BCUT2D eigenvalue weighted by Crippen LogP contribution is -2.55. The number of nitrogens with two attached hydrogens (primary N) is 1. The number of carbonyl (C=O) groups excluding carboxylic acids is 2. The third-order valence-electron chi connectivity index (χ3n) is 4.88. The van der Waals surface area contributed by atoms with Crippen molar-refractivity contribution in [1.82, 2.24) is 19.5 Å². The number of aryl methyl sites for hydroxylation is 1. The fraction of sp³-hybridized carbons (Fsp3) is 0.389. The molecule has 0 radical (unpaired) electrons. The van der Waals surface area contributed by atoms with Gasteiger partial charge in [0.1, 0.15) is 4.90 Å². The Morgan fingerprint density at radius 1 is 1.21 bits per heavy atom. The van der Waals surface area contributed by atoms with Gasteiger partial charge in [-0.2, -0.15) is 4.31 Å². The van der Waals surface area contributed by atoms with Crippen LogP contribution in [-0.4, -0.2) is 66.8 Å². The maximum atomic E-state index is 13.2. The number of hydrogen-bond acceptors (Lipinski definition) is 6. The average Bonchev–Trinajstić information content (AvgIpc) is 2.66. The summed E-state index contributed by atoms with van der Waals surface area (Å²) in [6, 6.07) is 5.53. The van der Waals surface area contributed by atoms with Crippen LogP contribution < -0.4 is 11.1 Å². The molecule has 1 aromatic heterocycles. The van der Waals surface area contributed by atoms with Gasteiger partial charge < -0.3 is 5.73 Å². The zero-order valence-corrected chi connectivity index (χ0v) is 16.6. The molecule has 1 fully saturated rings. The summed E-state index contributed by atoms with van der Waals surface area (Å²) >= 11 is 0. The van der Waals surface area contributed by atoms with Crippen molar-refractivity contribution in [2.45, 2.75) is 24.8 Å². The Bertz CT molecular complexity index is 1020. The molecule has 3 N–H and O–H groups in total. The van der Waals surface area contributed by atoms with Gasteiger partial charge in [-0.3, -0.25) is 20.0 Å². The molecule has 0 bridgehead atoms. The zero-order chi connectivity index (χ0) is 20.5. The molecule has 2 heterocycles. The van der Waals surface area contributed by atoms with Gasteiger partial charge in [0.05, 0.1) is 11.6 Å². The fourth-order valence-electron chi connectivity index (χ4n) is 3.31. The van der Waals surface area contributed by atoms with Gasteiger partial charge in [0.25, 0.3) is 0 Å². The quantitative estimate of drug-likeness (QED) is 0.760. The molecule has 1 aliphatic heterocycles. The minimum atomic E-state index is -3.72. The molecule has 1 unspecified atom stereocenters. The van der Waals surface area contributed by atoms with Gasteiger partial charge in [0.2, 0.25) is 15.9 Å². The Labute approximate surface area is 163 Å². The molecule has 1 aliphatic rings. The summed E-state index contributed by atoms with van der Waals surface area (Å²) in [7, 11) is -3.72. The standard InChI is InChI=1S/C18H23N5O4S/c1-12-10-14-4-3-5-15(16(14)20-11-12)28(26,27)23-8-6-22(7-9-23)13(2)17(24)21-18(19)25/h3-5,10-11,13H,6-9H2,1-2H3,(H3,19,21,24,25). The molecular weight excluding hydrogens is 382 g/mol. The van der Waals surface area contributed by atoms with E-state index in [1.54, 1.807) is 25.3 Å². The number of para-hydroxylation sites is 1. The summed E-state index contributed by atoms with van der Waals surface area (Å²) in [5.41, 5.74) is 6.38. The highest BCUT2D eigenvalue weighted by Gasteiger charge is 2.33. The number of carbonyl (C=O) groups is 2. The maximum absolute atomic E-state index is 13.2. The van der Waals surface area contributed by atoms with E-state index in [0.717, 1.165) is 10.9 Å². The van der Waals surface area contributed by atoms with Crippen LogP contribution in [0.5, 0.6) is 0 Å². The van der Waals surface area contributed by atoms with Crippen LogP contribution in [0.4, 0.5) is 4.79 Å². The van der Waals surface area contributed by atoms with E-state index in [1.165, 1.54) is 4.31 Å². The van der Waals surface area contributed by atoms with Gasteiger partial charge in [0, 0.05) is 37.8 Å². The molecule has 1 saturated heterocycles. The second-order valence-electron chi connectivity index (χ2n) is 6.81. The molecule has 1 atom stereocenters. The molecule has 0 saturated carbocycles. The van der Waals surface area contributed by atoms with E-state index in [2.05, 4.69) is 4.98 Å². The summed E-state index contributed by atoms with van der Waals surface area (Å²) in [4.78, 5) is 29.1. The van der Waals surface area contributed by atoms with E-state index >= 15 is 0 Å². The smallest absolute Gasteiger partial charge is 0.318 e. The first-order valence-corrected chi connectivity index (χ1v) is 10.3. The summed E-state index contributed by atoms with van der Waals surface area (Å²) in [5, 5.41) is 2.82. The third kappa shape index (κ3) is 3.98. The predicted molar refractivity (Wildman–Crippen MR) is 104 cm³/mol. The summed E-state index contributed by atoms with van der Waals surface area (Å²) in [6.07, 6.45) is 1.65. The van der Waals surface area contributed by atoms with Crippen molar-refractivity contribution in [1.29, 1.82) is 0 Å². The first kappa shape index (κ1) is 20.2. The van der Waals surface area contributed by atoms with Crippen LogP contribution in [0, 0.1) is 6.92 Å². The number of urea groups is 1. The van der Waals surface area contributed by atoms with Crippen LogP contribution in [-0.2, 0) is 14.8 Å². The second-order valence-corrected chi connectivity index (χ2v) is 8.72. The van der Waals surface area contributed by atoms with E-state index in [4.69, 9.17) is 5.73 Å². The van der Waals surface area contributed by atoms with Gasteiger partial charge in [-0.15, -0.1) is 0 Å². The van der Waals surface area contributed by atoms with E-state index in [0.29, 0.717) is 18.6 Å². The molecule has 2 aromatic rings. The molecule has 3 rings (SSSR count). The van der Waals surface area contributed by atoms with Crippen molar-refractivity contribution in [2.75, 3.05) is 26.2 Å². The Kier molecular flexibility index (Phi) is 5.64. The van der Waals surface area contributed by atoms with Crippen LogP contribution >= 0.6 is 0 Å². The number of pyridine rings is 1. The van der Waals surface area contributed by atoms with Crippen LogP contribution in [0.15, 0.2) is 35.4 Å². The van der Waals surface area contributed by atoms with Crippen LogP contribution in [0.1, 0.15) is 12.5 Å². The summed E-state index contributed by atoms with van der Waals surface area (Å²) in [6.45, 7) is 4.76. The van der Waals surface area contributed by atoms with E-state index in [9.17, 15) is 18.0 Å². The van der Waals surface area contributed by atoms with Gasteiger partial charge in [-0.25, -0.2) is 13.2 Å². The monoisotopic (exact) mass is 405 g/mol. The highest BCUT2D eigenvalue weighted by atomic mass is 32.2. The molecule has 3 amide bonds. The number of imide groups is 1. The number of hydrogen-bond donors (Lipinski definition) is 2. The Hall–Kier alpha value is -2.56. The highest BCUT2D eigenvalue weighted by Crippen LogP contribution is 2.25. The summed E-state index contributed by atoms with van der Waals surface area (Å²) in [5.74, 6) is -0.502. The molecule has 150 valence electrons. The summed E-state index contributed by atoms with van der Waals surface area (Å²) < 4.78 is 27.7. The SMILES string of the molecule is Cc1cnc2c(S(=O)(=O)N3CCN(C(C)C(=O)NC(N)=O)CC3)cccc2c1. The average molecular weight is 405 g/mol. The van der Waals surface area contributed by atoms with Gasteiger partial charge in [-0.05, 0) is 31.5 Å². The van der Waals surface area contributed by atoms with Crippen molar-refractivity contribution in [2.24, 2.45) is 5.73 Å². The first-order valence-electron chi connectivity index (χ1n) is 8.90. The number of fused-ring (bicyclic) bond motifs is 1. The highest BCUT2D eigenvalue weighted by molar-refractivity contribution is 7.89. The van der Waals surface area contributed by atoms with E-state index < -0.39 is 28.0 Å². The molecule has 28 heavy (non-hydrogen) atoms. The number of primary amides is 1. The molecule has 1 aromatic carbocycles. The van der Waals surface area contributed by atoms with Gasteiger partial charge >= 0.3 is 6.03 Å². The number of sulfonamides is 1. The first-order chi connectivity index (χ1) is 13.2. The Morgan fingerprint density at radius 3 is 2.54 bits per heavy atom. The maximum Gasteiger partial charge on any atom is 0.318 e. The number of benzene rings is 1. The number of amides is 3. The molecule has 10 heteroatoms. The van der Waals surface area contributed by atoms with Gasteiger partial charge in [0.15, 0.2) is 0 Å². The topological polar surface area (TPSA) is 126 Å². The third-order valence-corrected chi connectivity index (χ3v) is 6.81. The fourth-order valence-corrected chi connectivity index (χ4v) is 4.90. The predicted octanol–water partition coefficient (Wildman–Crippen LogP) is 0.433. The van der Waals surface area contributed by atoms with E-state index in [1.807, 2.05) is 29.3 Å². The lowest BCUT2D eigenvalue weighted by atomic mass is 10.2. The minimum absolute atomic E-state index is 0.179. The number of piperazine rings is 1. The van der Waals surface area contributed by atoms with E-state index in [-0.39, 0.29) is 18.0 Å². The number of nitrogens with zero attached hydrogens (tertiary/aromatic N) is 3. The Morgan fingerprint density at radius 2 is 1.89 bits per heavy atom. The second kappa shape index (κ2) is 7.82. The van der Waals surface area contributed by atoms with Gasteiger partial charge in [-0.1, -0.05) is 12.1 Å². The number of nitrogens with one attached hydrogen (secondary N) is 1. The molecular formula is C18H23N5O4S. The number of rotatable bonds is 4. The molecule has 9 nitrogen and oxygen atoms in total. The normalized spacial score (nSPS) is 17.4. The minimum Gasteiger partial charge on any atom is -0.351 e. The van der Waals surface area contributed by atoms with Crippen molar-refractivity contribution >= 4 is 32.9 Å². The van der Waals surface area contributed by atoms with Crippen LogP contribution in [0.3, 0.4) is 0 Å².